The van der Waals surface area contributed by atoms with E-state index < -0.39 is 11.9 Å². The largest absolute Gasteiger partial charge is 0.435 e. The van der Waals surface area contributed by atoms with E-state index in [1.165, 1.54) is 10.9 Å². The maximum Gasteiger partial charge on any atom is 0.435 e. The van der Waals surface area contributed by atoms with Gasteiger partial charge in [-0.05, 0) is 12.5 Å². The number of nitrogens with zero attached hydrogens (tertiary/aromatic N) is 2. The summed E-state index contributed by atoms with van der Waals surface area (Å²) in [7, 11) is 0. The molecule has 0 fully saturated rings. The number of nitrogens with two attached hydrogens (primary N) is 1. The summed E-state index contributed by atoms with van der Waals surface area (Å²) in [5, 5.41) is 3.44. The first kappa shape index (κ1) is 11.0. The molecular weight excluding hydrogens is 195 g/mol. The Kier molecular flexibility index (Phi) is 3.15. The van der Waals surface area contributed by atoms with Crippen molar-refractivity contribution in [3.63, 3.8) is 0 Å². The molecule has 14 heavy (non-hydrogen) atoms. The zero-order valence-corrected chi connectivity index (χ0v) is 7.75. The van der Waals surface area contributed by atoms with Crippen molar-refractivity contribution in [3.05, 3.63) is 18.0 Å². The predicted octanol–water partition coefficient (Wildman–Crippen LogP) is 1.81. The first-order valence-electron chi connectivity index (χ1n) is 4.31. The number of rotatable bonds is 3. The lowest BCUT2D eigenvalue weighted by Gasteiger charge is -2.12. The van der Waals surface area contributed by atoms with Crippen LogP contribution in [-0.2, 0) is 6.18 Å². The second kappa shape index (κ2) is 4.00. The number of aromatic nitrogens is 2. The van der Waals surface area contributed by atoms with Gasteiger partial charge in [-0.1, -0.05) is 6.92 Å². The molecule has 0 radical (unpaired) electrons. The molecule has 0 saturated carbocycles. The van der Waals surface area contributed by atoms with E-state index in [-0.39, 0.29) is 12.6 Å². The molecule has 2 N–H and O–H groups in total. The van der Waals surface area contributed by atoms with Crippen LogP contribution in [0.15, 0.2) is 12.3 Å². The molecule has 1 unspecified atom stereocenters. The van der Waals surface area contributed by atoms with Crippen molar-refractivity contribution in [1.82, 2.24) is 9.78 Å². The first-order chi connectivity index (χ1) is 6.49. The van der Waals surface area contributed by atoms with Crippen molar-refractivity contribution in [2.75, 3.05) is 6.54 Å². The maximum absolute atomic E-state index is 12.2. The summed E-state index contributed by atoms with van der Waals surface area (Å²) in [6.07, 6.45) is -2.41. The molecule has 0 aliphatic carbocycles. The highest BCUT2D eigenvalue weighted by Gasteiger charge is 2.33. The van der Waals surface area contributed by atoms with Crippen molar-refractivity contribution in [2.45, 2.75) is 25.6 Å². The highest BCUT2D eigenvalue weighted by atomic mass is 19.4. The SMILES string of the molecule is CCC(CN)n1ccc(C(F)(F)F)n1. The molecule has 6 heteroatoms. The Hall–Kier alpha value is -1.04. The maximum atomic E-state index is 12.2. The van der Waals surface area contributed by atoms with Crippen LogP contribution in [0.3, 0.4) is 0 Å². The Morgan fingerprint density at radius 3 is 2.57 bits per heavy atom. The molecule has 1 atom stereocenters. The van der Waals surface area contributed by atoms with Crippen LogP contribution in [-0.4, -0.2) is 16.3 Å². The smallest absolute Gasteiger partial charge is 0.328 e. The Morgan fingerprint density at radius 1 is 1.57 bits per heavy atom. The van der Waals surface area contributed by atoms with Crippen LogP contribution < -0.4 is 5.73 Å². The van der Waals surface area contributed by atoms with E-state index >= 15 is 0 Å². The van der Waals surface area contributed by atoms with E-state index in [0.717, 1.165) is 6.07 Å². The molecule has 1 aromatic heterocycles. The van der Waals surface area contributed by atoms with Gasteiger partial charge in [0, 0.05) is 12.7 Å². The van der Waals surface area contributed by atoms with E-state index in [1.54, 1.807) is 0 Å². The molecule has 80 valence electrons. The van der Waals surface area contributed by atoms with Gasteiger partial charge in [0.15, 0.2) is 5.69 Å². The molecule has 1 aromatic rings. The monoisotopic (exact) mass is 207 g/mol. The molecule has 0 saturated heterocycles. The van der Waals surface area contributed by atoms with Crippen LogP contribution in [0.1, 0.15) is 25.1 Å². The predicted molar refractivity (Wildman–Crippen MR) is 45.6 cm³/mol. The molecule has 0 amide bonds. The van der Waals surface area contributed by atoms with Gasteiger partial charge in [0.25, 0.3) is 0 Å². The van der Waals surface area contributed by atoms with Crippen molar-refractivity contribution in [3.8, 4) is 0 Å². The van der Waals surface area contributed by atoms with Gasteiger partial charge < -0.3 is 5.73 Å². The zero-order chi connectivity index (χ0) is 10.8. The minimum absolute atomic E-state index is 0.161. The number of hydrogen-bond acceptors (Lipinski definition) is 2. The van der Waals surface area contributed by atoms with Gasteiger partial charge in [0.05, 0.1) is 6.04 Å². The lowest BCUT2D eigenvalue weighted by atomic mass is 10.2. The van der Waals surface area contributed by atoms with Crippen LogP contribution >= 0.6 is 0 Å². The zero-order valence-electron chi connectivity index (χ0n) is 7.75. The van der Waals surface area contributed by atoms with Gasteiger partial charge in [-0.3, -0.25) is 4.68 Å². The number of hydrogen-bond donors (Lipinski definition) is 1. The third-order valence-electron chi connectivity index (χ3n) is 2.02. The molecule has 0 aromatic carbocycles. The standard InChI is InChI=1S/C8H12F3N3/c1-2-6(5-12)14-4-3-7(13-14)8(9,10)11/h3-4,6H,2,5,12H2,1H3. The van der Waals surface area contributed by atoms with Crippen molar-refractivity contribution in [1.29, 1.82) is 0 Å². The van der Waals surface area contributed by atoms with E-state index in [1.807, 2.05) is 6.92 Å². The fourth-order valence-corrected chi connectivity index (χ4v) is 1.15. The van der Waals surface area contributed by atoms with Crippen LogP contribution in [0.25, 0.3) is 0 Å². The molecule has 0 aliphatic rings. The van der Waals surface area contributed by atoms with Gasteiger partial charge in [-0.25, -0.2) is 0 Å². The normalized spacial score (nSPS) is 14.4. The summed E-state index contributed by atoms with van der Waals surface area (Å²) in [5.74, 6) is 0. The summed E-state index contributed by atoms with van der Waals surface area (Å²) in [5.41, 5.74) is 4.52. The van der Waals surface area contributed by atoms with E-state index in [0.29, 0.717) is 6.42 Å². The average Bonchev–Trinajstić information content (AvgIpc) is 2.54. The van der Waals surface area contributed by atoms with E-state index in [4.69, 9.17) is 5.73 Å². The quantitative estimate of drug-likeness (QED) is 0.821. The molecule has 1 heterocycles. The van der Waals surface area contributed by atoms with E-state index in [2.05, 4.69) is 5.10 Å². The second-order valence-corrected chi connectivity index (χ2v) is 2.98. The Bertz CT molecular complexity index is 288. The number of alkyl halides is 3. The van der Waals surface area contributed by atoms with Gasteiger partial charge in [-0.15, -0.1) is 0 Å². The molecule has 0 aliphatic heterocycles. The summed E-state index contributed by atoms with van der Waals surface area (Å²) in [4.78, 5) is 0. The highest BCUT2D eigenvalue weighted by Crippen LogP contribution is 2.27. The minimum atomic E-state index is -4.38. The third-order valence-corrected chi connectivity index (χ3v) is 2.02. The highest BCUT2D eigenvalue weighted by molar-refractivity contribution is 5.03. The summed E-state index contributed by atoms with van der Waals surface area (Å²) in [6, 6.07) is 0.796. The Morgan fingerprint density at radius 2 is 2.21 bits per heavy atom. The van der Waals surface area contributed by atoms with Crippen LogP contribution in [0.5, 0.6) is 0 Å². The Labute approximate surface area is 79.7 Å². The van der Waals surface area contributed by atoms with Crippen LogP contribution in [0.2, 0.25) is 0 Å². The fraction of sp³-hybridized carbons (Fsp3) is 0.625. The molecule has 0 spiro atoms. The third kappa shape index (κ3) is 2.25. The molecular formula is C8H12F3N3. The first-order valence-corrected chi connectivity index (χ1v) is 4.31. The van der Waals surface area contributed by atoms with Gasteiger partial charge >= 0.3 is 6.18 Å². The lowest BCUT2D eigenvalue weighted by Crippen LogP contribution is -2.19. The summed E-state index contributed by atoms with van der Waals surface area (Å²) >= 11 is 0. The molecule has 0 bridgehead atoms. The summed E-state index contributed by atoms with van der Waals surface area (Å²) < 4.78 is 37.8. The topological polar surface area (TPSA) is 43.8 Å². The average molecular weight is 207 g/mol. The second-order valence-electron chi connectivity index (χ2n) is 2.98. The summed E-state index contributed by atoms with van der Waals surface area (Å²) in [6.45, 7) is 2.14. The van der Waals surface area contributed by atoms with Crippen molar-refractivity contribution < 1.29 is 13.2 Å². The van der Waals surface area contributed by atoms with Crippen LogP contribution in [0, 0.1) is 0 Å². The molecule has 1 rings (SSSR count). The number of halogens is 3. The minimum Gasteiger partial charge on any atom is -0.328 e. The van der Waals surface area contributed by atoms with Crippen molar-refractivity contribution >= 4 is 0 Å². The molecule has 3 nitrogen and oxygen atoms in total. The van der Waals surface area contributed by atoms with Gasteiger partial charge in [0.1, 0.15) is 0 Å². The lowest BCUT2D eigenvalue weighted by molar-refractivity contribution is -0.141. The fourth-order valence-electron chi connectivity index (χ4n) is 1.15. The van der Waals surface area contributed by atoms with Gasteiger partial charge in [0.2, 0.25) is 0 Å². The van der Waals surface area contributed by atoms with Crippen molar-refractivity contribution in [2.24, 2.45) is 5.73 Å². The van der Waals surface area contributed by atoms with E-state index in [9.17, 15) is 13.2 Å². The van der Waals surface area contributed by atoms with Crippen LogP contribution in [0.4, 0.5) is 13.2 Å². The van der Waals surface area contributed by atoms with Gasteiger partial charge in [-0.2, -0.15) is 18.3 Å². The Balaban J connectivity index is 2.87.